The van der Waals surface area contributed by atoms with E-state index in [-0.39, 0.29) is 26.0 Å². The molecule has 2 aromatic rings. The minimum absolute atomic E-state index is 0.0165. The van der Waals surface area contributed by atoms with Gasteiger partial charge in [-0.3, -0.25) is 14.4 Å². The lowest BCUT2D eigenvalue weighted by Gasteiger charge is -2.29. The average molecular weight is 812 g/mol. The molecule has 0 spiro atoms. The van der Waals surface area contributed by atoms with Gasteiger partial charge in [0.2, 0.25) is 11.8 Å². The Kier molecular flexibility index (Phi) is 15.8. The molecule has 2 heterocycles. The highest BCUT2D eigenvalue weighted by molar-refractivity contribution is 5.98. The molecule has 2 aromatic carbocycles. The van der Waals surface area contributed by atoms with Crippen LogP contribution in [0.2, 0.25) is 0 Å². The Morgan fingerprint density at radius 1 is 0.845 bits per heavy atom. The molecule has 2 saturated heterocycles. The van der Waals surface area contributed by atoms with Crippen LogP contribution in [0.25, 0.3) is 0 Å². The first-order chi connectivity index (χ1) is 27.3. The van der Waals surface area contributed by atoms with Crippen LogP contribution in [0.5, 0.6) is 0 Å². The van der Waals surface area contributed by atoms with Gasteiger partial charge < -0.3 is 61.3 Å². The van der Waals surface area contributed by atoms with E-state index in [1.54, 1.807) is 84.9 Å². The molecule has 0 bridgehead atoms. The van der Waals surface area contributed by atoms with Gasteiger partial charge in [0.15, 0.2) is 18.2 Å². The largest absolute Gasteiger partial charge is 0.445 e. The SMILES string of the molecule is CC(C)[C@@H](NC(=O)C1OC2OC(C)(C)OC2C1NC(=O)OCc1ccccc1)C(=O)NC(CCCNC(N)=O)C(=O)Nc1ccc(CCNC(=O)OC(C)(C)C)cc1. The van der Waals surface area contributed by atoms with E-state index in [1.807, 2.05) is 18.2 Å². The van der Waals surface area contributed by atoms with E-state index in [2.05, 4.69) is 31.9 Å². The van der Waals surface area contributed by atoms with E-state index in [9.17, 15) is 28.8 Å². The van der Waals surface area contributed by atoms with Gasteiger partial charge in [0, 0.05) is 18.8 Å². The molecule has 0 aromatic heterocycles. The second-order valence-corrected chi connectivity index (χ2v) is 15.8. The molecule has 7 amide bonds. The zero-order valence-electron chi connectivity index (χ0n) is 34.0. The Labute approximate surface area is 338 Å². The lowest BCUT2D eigenvalue weighted by Crippen LogP contribution is -2.59. The van der Waals surface area contributed by atoms with Gasteiger partial charge in [-0.05, 0) is 83.1 Å². The Morgan fingerprint density at radius 2 is 1.53 bits per heavy atom. The molecule has 18 heteroatoms. The predicted molar refractivity (Wildman–Crippen MR) is 211 cm³/mol. The van der Waals surface area contributed by atoms with Crippen molar-refractivity contribution in [3.05, 3.63) is 65.7 Å². The van der Waals surface area contributed by atoms with Gasteiger partial charge in [-0.15, -0.1) is 0 Å². The summed E-state index contributed by atoms with van der Waals surface area (Å²) in [7, 11) is 0. The average Bonchev–Trinajstić information content (AvgIpc) is 3.62. The number of ether oxygens (including phenoxy) is 5. The van der Waals surface area contributed by atoms with Crippen molar-refractivity contribution in [2.45, 2.75) is 122 Å². The number of carbonyl (C=O) groups excluding carboxylic acids is 6. The number of rotatable bonds is 17. The van der Waals surface area contributed by atoms with Crippen LogP contribution >= 0.6 is 0 Å². The summed E-state index contributed by atoms with van der Waals surface area (Å²) < 4.78 is 28.4. The molecule has 0 radical (unpaired) electrons. The summed E-state index contributed by atoms with van der Waals surface area (Å²) in [5.74, 6) is -3.44. The lowest BCUT2D eigenvalue weighted by atomic mass is 10.0. The molecule has 0 aliphatic carbocycles. The van der Waals surface area contributed by atoms with E-state index in [4.69, 9.17) is 29.4 Å². The van der Waals surface area contributed by atoms with Gasteiger partial charge in [0.1, 0.15) is 30.4 Å². The van der Waals surface area contributed by atoms with Gasteiger partial charge in [0.05, 0.1) is 6.04 Å². The maximum Gasteiger partial charge on any atom is 0.407 e. The Hall–Kier alpha value is -5.46. The zero-order valence-corrected chi connectivity index (χ0v) is 34.0. The standard InChI is InChI=1S/C40H57N7O11/c1-23(2)28(46-34(50)30-29(31-35(55-30)57-40(6,7)56-31)47-38(53)54-22-25-12-9-8-10-13-25)33(49)45-27(14-11-20-42-36(41)51)32(48)44-26-17-15-24(16-18-26)19-21-43-37(52)58-39(3,4)5/h8-10,12-13,15-18,23,27-31,35H,11,14,19-22H2,1-7H3,(H,43,52)(H,44,48)(H,45,49)(H,46,50)(H,47,53)(H3,41,42,51)/t27?,28-,29?,30?,31?,35?/m1/s1. The van der Waals surface area contributed by atoms with Crippen LogP contribution in [0.3, 0.4) is 0 Å². The van der Waals surface area contributed by atoms with E-state index < -0.39 is 89.9 Å². The molecule has 0 saturated carbocycles. The van der Waals surface area contributed by atoms with Crippen LogP contribution in [0.4, 0.5) is 20.1 Å². The molecule has 58 heavy (non-hydrogen) atoms. The van der Waals surface area contributed by atoms with Crippen molar-refractivity contribution < 1.29 is 52.5 Å². The van der Waals surface area contributed by atoms with E-state index in [1.165, 1.54) is 0 Å². The van der Waals surface area contributed by atoms with Crippen LogP contribution in [0.15, 0.2) is 54.6 Å². The molecular weight excluding hydrogens is 754 g/mol. The highest BCUT2D eigenvalue weighted by atomic mass is 16.8. The van der Waals surface area contributed by atoms with Gasteiger partial charge in [-0.25, -0.2) is 14.4 Å². The van der Waals surface area contributed by atoms with Crippen molar-refractivity contribution in [1.29, 1.82) is 0 Å². The van der Waals surface area contributed by atoms with Crippen molar-refractivity contribution in [3.8, 4) is 0 Å². The minimum Gasteiger partial charge on any atom is -0.445 e. The van der Waals surface area contributed by atoms with Crippen molar-refractivity contribution in [3.63, 3.8) is 0 Å². The van der Waals surface area contributed by atoms with Gasteiger partial charge in [-0.1, -0.05) is 56.3 Å². The molecule has 4 rings (SSSR count). The molecule has 8 N–H and O–H groups in total. The fourth-order valence-electron chi connectivity index (χ4n) is 6.22. The second-order valence-electron chi connectivity index (χ2n) is 15.8. The number of amides is 7. The fourth-order valence-corrected chi connectivity index (χ4v) is 6.22. The van der Waals surface area contributed by atoms with E-state index in [0.717, 1.165) is 11.1 Å². The number of hydrogen-bond acceptors (Lipinski definition) is 11. The van der Waals surface area contributed by atoms with Crippen molar-refractivity contribution >= 4 is 41.6 Å². The number of nitrogens with one attached hydrogen (secondary N) is 6. The van der Waals surface area contributed by atoms with Crippen LogP contribution in [-0.2, 0) is 51.1 Å². The second kappa shape index (κ2) is 20.3. The van der Waals surface area contributed by atoms with Crippen molar-refractivity contribution in [1.82, 2.24) is 26.6 Å². The number of nitrogens with two attached hydrogens (primary N) is 1. The molecule has 6 atom stereocenters. The molecule has 5 unspecified atom stereocenters. The monoisotopic (exact) mass is 811 g/mol. The molecule has 2 aliphatic heterocycles. The van der Waals surface area contributed by atoms with E-state index in [0.29, 0.717) is 18.7 Å². The molecular formula is C40H57N7O11. The highest BCUT2D eigenvalue weighted by Gasteiger charge is 2.57. The van der Waals surface area contributed by atoms with Gasteiger partial charge >= 0.3 is 18.2 Å². The maximum absolute atomic E-state index is 13.9. The number of benzene rings is 2. The first kappa shape index (κ1) is 45.2. The van der Waals surface area contributed by atoms with Crippen LogP contribution in [0.1, 0.15) is 72.4 Å². The van der Waals surface area contributed by atoms with Gasteiger partial charge in [-0.2, -0.15) is 0 Å². The minimum atomic E-state index is -1.33. The number of primary amides is 1. The topological polar surface area (TPSA) is 247 Å². The first-order valence-corrected chi connectivity index (χ1v) is 19.3. The lowest BCUT2D eigenvalue weighted by molar-refractivity contribution is -0.208. The third-order valence-corrected chi connectivity index (χ3v) is 8.96. The summed E-state index contributed by atoms with van der Waals surface area (Å²) in [6, 6.07) is 12.0. The fraction of sp³-hybridized carbons (Fsp3) is 0.550. The number of alkyl carbamates (subject to hydrolysis) is 2. The quantitative estimate of drug-likeness (QED) is 0.115. The normalized spacial score (nSPS) is 20.5. The summed E-state index contributed by atoms with van der Waals surface area (Å²) >= 11 is 0. The third kappa shape index (κ3) is 14.2. The molecule has 18 nitrogen and oxygen atoms in total. The summed E-state index contributed by atoms with van der Waals surface area (Å²) in [6.45, 7) is 12.6. The van der Waals surface area contributed by atoms with Gasteiger partial charge in [0.25, 0.3) is 5.91 Å². The number of hydrogen-bond donors (Lipinski definition) is 7. The van der Waals surface area contributed by atoms with E-state index >= 15 is 0 Å². The molecule has 2 fully saturated rings. The summed E-state index contributed by atoms with van der Waals surface area (Å²) in [6.07, 6.45) is -3.62. The number of anilines is 1. The Balaban J connectivity index is 1.40. The summed E-state index contributed by atoms with van der Waals surface area (Å²) in [5.41, 5.74) is 6.70. The zero-order chi connectivity index (χ0) is 42.6. The van der Waals surface area contributed by atoms with Crippen LogP contribution < -0.4 is 37.6 Å². The maximum atomic E-state index is 13.9. The smallest absolute Gasteiger partial charge is 0.407 e. The van der Waals surface area contributed by atoms with Crippen molar-refractivity contribution in [2.24, 2.45) is 11.7 Å². The van der Waals surface area contributed by atoms with Crippen molar-refractivity contribution in [2.75, 3.05) is 18.4 Å². The third-order valence-electron chi connectivity index (χ3n) is 8.96. The summed E-state index contributed by atoms with van der Waals surface area (Å²) in [5, 5.41) is 16.1. The van der Waals surface area contributed by atoms with Crippen LogP contribution in [0, 0.1) is 5.92 Å². The number of carbonyl (C=O) groups is 6. The molecule has 2 aliphatic rings. The Bertz CT molecular complexity index is 1730. The number of urea groups is 1. The first-order valence-electron chi connectivity index (χ1n) is 19.3. The number of fused-ring (bicyclic) bond motifs is 1. The highest BCUT2D eigenvalue weighted by Crippen LogP contribution is 2.37. The predicted octanol–water partition coefficient (Wildman–Crippen LogP) is 2.94. The summed E-state index contributed by atoms with van der Waals surface area (Å²) in [4.78, 5) is 77.5. The molecule has 318 valence electrons. The Morgan fingerprint density at radius 3 is 2.17 bits per heavy atom. The van der Waals surface area contributed by atoms with Crippen LogP contribution in [-0.4, -0.2) is 97.0 Å².